The van der Waals surface area contributed by atoms with Crippen LogP contribution in [0.15, 0.2) is 45.9 Å². The standard InChI is InChI=1S/C26H31F6N7O2.C2H6/c1-3-38(13-16-6-4-5-7-16)22-19(10-18(12-35-22)23(40)41)15-39(24(33)36-37-34-2)14-17-8-20(25(27,28)29)11-21(9-17)26(30,31)32;1-2/h8-12,16H,3-7,13-15H2,1-2H3,(H,40,41)(H2,33,34,36);1-2H3. The predicted octanol–water partition coefficient (Wildman–Crippen LogP) is 7.17. The highest BCUT2D eigenvalue weighted by molar-refractivity contribution is 5.88. The van der Waals surface area contributed by atoms with E-state index in [1.165, 1.54) is 24.2 Å². The molecular weight excluding hydrogens is 580 g/mol. The van der Waals surface area contributed by atoms with E-state index >= 15 is 0 Å². The van der Waals surface area contributed by atoms with Crippen molar-refractivity contribution in [3.63, 3.8) is 0 Å². The number of aromatic nitrogens is 1. The summed E-state index contributed by atoms with van der Waals surface area (Å²) in [6, 6.07) is 2.60. The fraction of sp³-hybridized carbons (Fsp3) is 0.536. The molecule has 0 spiro atoms. The number of guanidine groups is 1. The molecule has 0 bridgehead atoms. The van der Waals surface area contributed by atoms with Crippen LogP contribution in [0.1, 0.15) is 79.1 Å². The molecule has 15 heteroatoms. The largest absolute Gasteiger partial charge is 0.478 e. The van der Waals surface area contributed by atoms with E-state index < -0.39 is 36.0 Å². The van der Waals surface area contributed by atoms with Gasteiger partial charge in [0.1, 0.15) is 5.82 Å². The minimum atomic E-state index is -5.04. The summed E-state index contributed by atoms with van der Waals surface area (Å²) in [5.74, 6) is -0.779. The summed E-state index contributed by atoms with van der Waals surface area (Å²) < 4.78 is 80.9. The maximum absolute atomic E-state index is 13.5. The number of aromatic carboxylic acids is 1. The van der Waals surface area contributed by atoms with Crippen LogP contribution < -0.4 is 10.6 Å². The minimum absolute atomic E-state index is 0.0388. The van der Waals surface area contributed by atoms with E-state index in [1.807, 2.05) is 25.7 Å². The summed E-state index contributed by atoms with van der Waals surface area (Å²) in [6.07, 6.45) is -4.60. The number of nitrogens with two attached hydrogens (primary N) is 1. The molecule has 1 aromatic heterocycles. The van der Waals surface area contributed by atoms with E-state index in [-0.39, 0.29) is 29.7 Å². The minimum Gasteiger partial charge on any atom is -0.478 e. The van der Waals surface area contributed by atoms with E-state index in [2.05, 4.69) is 20.4 Å². The van der Waals surface area contributed by atoms with Gasteiger partial charge in [-0.3, -0.25) is 0 Å². The lowest BCUT2D eigenvalue weighted by molar-refractivity contribution is -0.143. The number of carboxylic acid groups (broad SMARTS) is 1. The third-order valence-electron chi connectivity index (χ3n) is 6.77. The molecule has 0 saturated heterocycles. The van der Waals surface area contributed by atoms with Gasteiger partial charge in [0.15, 0.2) is 0 Å². The van der Waals surface area contributed by atoms with Gasteiger partial charge in [0.25, 0.3) is 0 Å². The molecule has 0 amide bonds. The van der Waals surface area contributed by atoms with Crippen LogP contribution in [0.5, 0.6) is 0 Å². The lowest BCUT2D eigenvalue weighted by Crippen LogP contribution is -2.37. The van der Waals surface area contributed by atoms with Crippen molar-refractivity contribution in [3.8, 4) is 0 Å². The van der Waals surface area contributed by atoms with Gasteiger partial charge in [-0.2, -0.15) is 31.5 Å². The molecule has 2 aromatic rings. The molecule has 0 unspecified atom stereocenters. The van der Waals surface area contributed by atoms with Crippen molar-refractivity contribution in [1.29, 1.82) is 0 Å². The van der Waals surface area contributed by atoms with Crippen molar-refractivity contribution in [3.05, 3.63) is 58.3 Å². The molecule has 1 aliphatic carbocycles. The zero-order chi connectivity index (χ0) is 32.4. The Morgan fingerprint density at radius 2 is 1.60 bits per heavy atom. The number of hydrogen-bond acceptors (Lipinski definition) is 5. The molecule has 3 rings (SSSR count). The Bertz CT molecular complexity index is 1240. The molecule has 1 saturated carbocycles. The smallest absolute Gasteiger partial charge is 0.416 e. The van der Waals surface area contributed by atoms with Crippen LogP contribution in [0.25, 0.3) is 0 Å². The molecule has 43 heavy (non-hydrogen) atoms. The highest BCUT2D eigenvalue weighted by Gasteiger charge is 2.37. The number of benzene rings is 1. The Morgan fingerprint density at radius 1 is 1.02 bits per heavy atom. The average Bonchev–Trinajstić information content (AvgIpc) is 3.47. The highest BCUT2D eigenvalue weighted by atomic mass is 19.4. The normalized spacial score (nSPS) is 14.5. The fourth-order valence-electron chi connectivity index (χ4n) is 4.80. The van der Waals surface area contributed by atoms with Crippen molar-refractivity contribution in [2.24, 2.45) is 27.1 Å². The van der Waals surface area contributed by atoms with Crippen LogP contribution in [0.3, 0.4) is 0 Å². The SMILES string of the molecule is CC.CCN(CC1CCCC1)c1ncc(C(=O)O)cc1CN(Cc1cc(C(F)(F)F)cc(C(F)(F)F)c1)/C(N)=N/N=NC. The van der Waals surface area contributed by atoms with Crippen LogP contribution in [-0.2, 0) is 25.4 Å². The number of pyridine rings is 1. The summed E-state index contributed by atoms with van der Waals surface area (Å²) in [5, 5.41) is 20.2. The number of anilines is 1. The van der Waals surface area contributed by atoms with Gasteiger partial charge in [-0.15, -0.1) is 0 Å². The maximum atomic E-state index is 13.5. The first-order valence-corrected chi connectivity index (χ1v) is 13.9. The van der Waals surface area contributed by atoms with E-state index in [4.69, 9.17) is 5.73 Å². The number of carboxylic acids is 1. The summed E-state index contributed by atoms with van der Waals surface area (Å²) in [5.41, 5.74) is 2.96. The number of carbonyl (C=O) groups is 1. The van der Waals surface area contributed by atoms with Crippen LogP contribution in [-0.4, -0.2) is 47.1 Å². The van der Waals surface area contributed by atoms with E-state index in [0.29, 0.717) is 42.5 Å². The molecule has 3 N–H and O–H groups in total. The number of rotatable bonds is 10. The van der Waals surface area contributed by atoms with Crippen molar-refractivity contribution >= 4 is 17.7 Å². The van der Waals surface area contributed by atoms with E-state index in [0.717, 1.165) is 25.7 Å². The lowest BCUT2D eigenvalue weighted by atomic mass is 10.0. The van der Waals surface area contributed by atoms with Crippen LogP contribution in [0, 0.1) is 5.92 Å². The summed E-state index contributed by atoms with van der Waals surface area (Å²) in [6.45, 7) is 6.31. The quantitative estimate of drug-likeness (QED) is 0.0959. The summed E-state index contributed by atoms with van der Waals surface area (Å²) in [7, 11) is 1.30. The molecule has 0 aliphatic heterocycles. The van der Waals surface area contributed by atoms with E-state index in [9.17, 15) is 36.2 Å². The predicted molar refractivity (Wildman–Crippen MR) is 150 cm³/mol. The molecular formula is C28H37F6N7O2. The van der Waals surface area contributed by atoms with Crippen LogP contribution in [0.2, 0.25) is 0 Å². The number of nitrogens with zero attached hydrogens (tertiary/aromatic N) is 6. The monoisotopic (exact) mass is 617 g/mol. The van der Waals surface area contributed by atoms with Crippen molar-refractivity contribution in [2.45, 2.75) is 71.9 Å². The summed E-state index contributed by atoms with van der Waals surface area (Å²) in [4.78, 5) is 19.3. The van der Waals surface area contributed by atoms with Crippen molar-refractivity contribution < 1.29 is 36.2 Å². The van der Waals surface area contributed by atoms with Crippen LogP contribution >= 0.6 is 0 Å². The molecule has 0 radical (unpaired) electrons. The van der Waals surface area contributed by atoms with Gasteiger partial charge in [-0.1, -0.05) is 31.8 Å². The molecule has 1 aromatic carbocycles. The molecule has 9 nitrogen and oxygen atoms in total. The fourth-order valence-corrected chi connectivity index (χ4v) is 4.80. The third-order valence-corrected chi connectivity index (χ3v) is 6.77. The van der Waals surface area contributed by atoms with Gasteiger partial charge in [-0.25, -0.2) is 9.78 Å². The highest BCUT2D eigenvalue weighted by Crippen LogP contribution is 2.37. The van der Waals surface area contributed by atoms with Crippen molar-refractivity contribution in [2.75, 3.05) is 25.0 Å². The zero-order valence-corrected chi connectivity index (χ0v) is 24.5. The summed E-state index contributed by atoms with van der Waals surface area (Å²) >= 11 is 0. The third kappa shape index (κ3) is 10.1. The van der Waals surface area contributed by atoms with Gasteiger partial charge in [-0.05, 0) is 60.7 Å². The maximum Gasteiger partial charge on any atom is 0.416 e. The second kappa shape index (κ2) is 15.5. The Hall–Kier alpha value is -3.91. The lowest BCUT2D eigenvalue weighted by Gasteiger charge is -2.30. The number of alkyl halides is 6. The first-order chi connectivity index (χ1) is 20.2. The molecule has 0 atom stereocenters. The Labute approximate surface area is 246 Å². The second-order valence-electron chi connectivity index (χ2n) is 9.72. The Balaban J connectivity index is 0.00000316. The molecule has 1 heterocycles. The average molecular weight is 618 g/mol. The topological polar surface area (TPSA) is 120 Å². The molecule has 238 valence electrons. The van der Waals surface area contributed by atoms with Gasteiger partial charge in [0.05, 0.1) is 23.7 Å². The van der Waals surface area contributed by atoms with Crippen LogP contribution in [0.4, 0.5) is 32.2 Å². The van der Waals surface area contributed by atoms with Gasteiger partial charge in [0, 0.05) is 37.9 Å². The molecule has 1 fully saturated rings. The van der Waals surface area contributed by atoms with Gasteiger partial charge >= 0.3 is 18.3 Å². The molecule has 1 aliphatic rings. The van der Waals surface area contributed by atoms with Crippen molar-refractivity contribution in [1.82, 2.24) is 9.88 Å². The Morgan fingerprint density at radius 3 is 2.09 bits per heavy atom. The Kier molecular flexibility index (Phi) is 12.7. The van der Waals surface area contributed by atoms with E-state index in [1.54, 1.807) is 0 Å². The second-order valence-corrected chi connectivity index (χ2v) is 9.72. The number of halogens is 6. The van der Waals surface area contributed by atoms with Gasteiger partial charge in [0.2, 0.25) is 5.96 Å². The first kappa shape index (κ1) is 35.3. The number of hydrogen-bond donors (Lipinski definition) is 2. The first-order valence-electron chi connectivity index (χ1n) is 13.9. The van der Waals surface area contributed by atoms with Gasteiger partial charge < -0.3 is 20.6 Å². The zero-order valence-electron chi connectivity index (χ0n) is 24.5.